The van der Waals surface area contributed by atoms with Crippen LogP contribution in [0.25, 0.3) is 0 Å². The smallest absolute Gasteiger partial charge is 0.255 e. The van der Waals surface area contributed by atoms with Gasteiger partial charge in [0.25, 0.3) is 5.91 Å². The van der Waals surface area contributed by atoms with E-state index in [1.54, 1.807) is 18.2 Å². The van der Waals surface area contributed by atoms with E-state index in [4.69, 9.17) is 16.3 Å². The van der Waals surface area contributed by atoms with Gasteiger partial charge in [-0.05, 0) is 55.8 Å². The molecule has 24 heavy (non-hydrogen) atoms. The molecule has 1 N–H and O–H groups in total. The molecule has 5 heteroatoms. The van der Waals surface area contributed by atoms with Crippen molar-refractivity contribution in [2.24, 2.45) is 0 Å². The van der Waals surface area contributed by atoms with Crippen LogP contribution in [0.3, 0.4) is 0 Å². The molecular formula is C19H21ClN2O2. The summed E-state index contributed by atoms with van der Waals surface area (Å²) in [7, 11) is 2.11. The molecule has 4 nitrogen and oxygen atoms in total. The van der Waals surface area contributed by atoms with E-state index in [0.717, 1.165) is 25.2 Å². The molecule has 1 heterocycles. The van der Waals surface area contributed by atoms with Crippen LogP contribution in [0.2, 0.25) is 5.02 Å². The molecule has 1 aliphatic rings. The molecule has 0 spiro atoms. The summed E-state index contributed by atoms with van der Waals surface area (Å²) < 4.78 is 5.41. The van der Waals surface area contributed by atoms with E-state index in [1.165, 1.54) is 11.1 Å². The Hall–Kier alpha value is -2.04. The van der Waals surface area contributed by atoms with Crippen LogP contribution >= 0.6 is 11.6 Å². The Labute approximate surface area is 147 Å². The lowest BCUT2D eigenvalue weighted by Crippen LogP contribution is -2.27. The average Bonchev–Trinajstić information content (AvgIpc) is 2.56. The maximum absolute atomic E-state index is 12.6. The molecule has 0 fully saturated rings. The molecule has 0 atom stereocenters. The SMILES string of the molecule is CCOc1ccc(C(=O)Nc2cccc3c2CCN(C)C3)cc1Cl. The van der Waals surface area contributed by atoms with E-state index in [2.05, 4.69) is 23.3 Å². The Kier molecular flexibility index (Phi) is 5.07. The highest BCUT2D eigenvalue weighted by molar-refractivity contribution is 6.32. The minimum Gasteiger partial charge on any atom is -0.492 e. The van der Waals surface area contributed by atoms with Crippen LogP contribution in [0.15, 0.2) is 36.4 Å². The number of amides is 1. The van der Waals surface area contributed by atoms with E-state index in [-0.39, 0.29) is 5.91 Å². The molecule has 1 amide bonds. The first-order chi connectivity index (χ1) is 11.6. The first kappa shape index (κ1) is 16.8. The lowest BCUT2D eigenvalue weighted by atomic mass is 9.98. The van der Waals surface area contributed by atoms with Crippen molar-refractivity contribution in [2.45, 2.75) is 19.9 Å². The molecule has 0 saturated carbocycles. The second-order valence-electron chi connectivity index (χ2n) is 5.96. The van der Waals surface area contributed by atoms with E-state index < -0.39 is 0 Å². The molecule has 0 aromatic heterocycles. The van der Waals surface area contributed by atoms with Gasteiger partial charge in [-0.25, -0.2) is 0 Å². The molecule has 0 saturated heterocycles. The van der Waals surface area contributed by atoms with E-state index in [0.29, 0.717) is 22.9 Å². The van der Waals surface area contributed by atoms with Crippen molar-refractivity contribution >= 4 is 23.2 Å². The quantitative estimate of drug-likeness (QED) is 0.912. The van der Waals surface area contributed by atoms with Crippen molar-refractivity contribution in [1.82, 2.24) is 4.90 Å². The first-order valence-electron chi connectivity index (χ1n) is 8.11. The van der Waals surface area contributed by atoms with Crippen LogP contribution < -0.4 is 10.1 Å². The van der Waals surface area contributed by atoms with Crippen LogP contribution in [-0.2, 0) is 13.0 Å². The van der Waals surface area contributed by atoms with Gasteiger partial charge in [-0.1, -0.05) is 23.7 Å². The number of carbonyl (C=O) groups excluding carboxylic acids is 1. The highest BCUT2D eigenvalue weighted by atomic mass is 35.5. The Morgan fingerprint density at radius 3 is 2.92 bits per heavy atom. The number of halogens is 1. The number of rotatable bonds is 4. The Morgan fingerprint density at radius 1 is 1.33 bits per heavy atom. The zero-order valence-corrected chi connectivity index (χ0v) is 14.7. The molecule has 0 bridgehead atoms. The fourth-order valence-electron chi connectivity index (χ4n) is 2.98. The second kappa shape index (κ2) is 7.24. The van der Waals surface area contributed by atoms with Gasteiger partial charge in [0.05, 0.1) is 11.6 Å². The Morgan fingerprint density at radius 2 is 2.17 bits per heavy atom. The number of likely N-dealkylation sites (N-methyl/N-ethyl adjacent to an activating group) is 1. The van der Waals surface area contributed by atoms with Gasteiger partial charge in [0.2, 0.25) is 0 Å². The van der Waals surface area contributed by atoms with Crippen molar-refractivity contribution in [2.75, 3.05) is 25.5 Å². The number of benzene rings is 2. The minimum absolute atomic E-state index is 0.160. The van der Waals surface area contributed by atoms with E-state index >= 15 is 0 Å². The fraction of sp³-hybridized carbons (Fsp3) is 0.316. The number of carbonyl (C=O) groups is 1. The summed E-state index contributed by atoms with van der Waals surface area (Å²) in [6.45, 7) is 4.34. The summed E-state index contributed by atoms with van der Waals surface area (Å²) in [4.78, 5) is 14.8. The van der Waals surface area contributed by atoms with Crippen LogP contribution in [-0.4, -0.2) is 31.0 Å². The maximum Gasteiger partial charge on any atom is 0.255 e. The van der Waals surface area contributed by atoms with Gasteiger partial charge in [0, 0.05) is 24.3 Å². The average molecular weight is 345 g/mol. The number of hydrogen-bond acceptors (Lipinski definition) is 3. The predicted molar refractivity (Wildman–Crippen MR) is 97.1 cm³/mol. The molecule has 2 aromatic rings. The molecule has 0 aliphatic carbocycles. The van der Waals surface area contributed by atoms with Crippen molar-refractivity contribution < 1.29 is 9.53 Å². The third kappa shape index (κ3) is 3.55. The van der Waals surface area contributed by atoms with Gasteiger partial charge >= 0.3 is 0 Å². The van der Waals surface area contributed by atoms with Gasteiger partial charge in [0.1, 0.15) is 5.75 Å². The maximum atomic E-state index is 12.6. The van der Waals surface area contributed by atoms with Crippen LogP contribution in [0.4, 0.5) is 5.69 Å². The minimum atomic E-state index is -0.160. The van der Waals surface area contributed by atoms with Gasteiger partial charge in [-0.15, -0.1) is 0 Å². The standard InChI is InChI=1S/C19H21ClN2O2/c1-3-24-18-8-7-13(11-16(18)20)19(23)21-17-6-4-5-14-12-22(2)10-9-15(14)17/h4-8,11H,3,9-10,12H2,1-2H3,(H,21,23). The van der Waals surface area contributed by atoms with Gasteiger partial charge < -0.3 is 15.0 Å². The highest BCUT2D eigenvalue weighted by Gasteiger charge is 2.18. The summed E-state index contributed by atoms with van der Waals surface area (Å²) in [6, 6.07) is 11.2. The van der Waals surface area contributed by atoms with Crippen molar-refractivity contribution in [3.8, 4) is 5.75 Å². The summed E-state index contributed by atoms with van der Waals surface area (Å²) in [5.41, 5.74) is 3.90. The van der Waals surface area contributed by atoms with Crippen LogP contribution in [0.1, 0.15) is 28.4 Å². The van der Waals surface area contributed by atoms with E-state index in [9.17, 15) is 4.79 Å². The largest absolute Gasteiger partial charge is 0.492 e. The monoisotopic (exact) mass is 344 g/mol. The summed E-state index contributed by atoms with van der Waals surface area (Å²) in [6.07, 6.45) is 0.937. The number of anilines is 1. The molecule has 2 aromatic carbocycles. The third-order valence-corrected chi connectivity index (χ3v) is 4.49. The van der Waals surface area contributed by atoms with E-state index in [1.807, 2.05) is 19.1 Å². The molecule has 0 unspecified atom stereocenters. The highest BCUT2D eigenvalue weighted by Crippen LogP contribution is 2.28. The second-order valence-corrected chi connectivity index (χ2v) is 6.37. The lowest BCUT2D eigenvalue weighted by molar-refractivity contribution is 0.102. The topological polar surface area (TPSA) is 41.6 Å². The molecular weight excluding hydrogens is 324 g/mol. The number of nitrogens with zero attached hydrogens (tertiary/aromatic N) is 1. The number of nitrogens with one attached hydrogen (secondary N) is 1. The van der Waals surface area contributed by atoms with Crippen molar-refractivity contribution in [1.29, 1.82) is 0 Å². The van der Waals surface area contributed by atoms with Gasteiger partial charge in [-0.2, -0.15) is 0 Å². The number of ether oxygens (including phenoxy) is 1. The van der Waals surface area contributed by atoms with Crippen LogP contribution in [0.5, 0.6) is 5.75 Å². The van der Waals surface area contributed by atoms with Gasteiger partial charge in [-0.3, -0.25) is 4.79 Å². The third-order valence-electron chi connectivity index (χ3n) is 4.20. The Bertz CT molecular complexity index is 761. The van der Waals surface area contributed by atoms with Crippen LogP contribution in [0, 0.1) is 0 Å². The zero-order chi connectivity index (χ0) is 17.1. The molecule has 1 aliphatic heterocycles. The van der Waals surface area contributed by atoms with Crippen molar-refractivity contribution in [3.63, 3.8) is 0 Å². The fourth-order valence-corrected chi connectivity index (χ4v) is 3.21. The predicted octanol–water partition coefficient (Wildman–Crippen LogP) is 3.98. The molecule has 0 radical (unpaired) electrons. The van der Waals surface area contributed by atoms with Gasteiger partial charge in [0.15, 0.2) is 0 Å². The number of fused-ring (bicyclic) bond motifs is 1. The summed E-state index contributed by atoms with van der Waals surface area (Å²) >= 11 is 6.18. The molecule has 126 valence electrons. The zero-order valence-electron chi connectivity index (χ0n) is 13.9. The number of hydrogen-bond donors (Lipinski definition) is 1. The normalized spacial score (nSPS) is 14.1. The summed E-state index contributed by atoms with van der Waals surface area (Å²) in [5.74, 6) is 0.433. The first-order valence-corrected chi connectivity index (χ1v) is 8.49. The molecule has 3 rings (SSSR count). The summed E-state index contributed by atoms with van der Waals surface area (Å²) in [5, 5.41) is 3.47. The Balaban J connectivity index is 1.81. The lowest BCUT2D eigenvalue weighted by Gasteiger charge is -2.26. The van der Waals surface area contributed by atoms with Crippen molar-refractivity contribution in [3.05, 3.63) is 58.1 Å².